The van der Waals surface area contributed by atoms with Gasteiger partial charge >= 0.3 is 5.97 Å². The van der Waals surface area contributed by atoms with Crippen LogP contribution in [0.2, 0.25) is 0 Å². The van der Waals surface area contributed by atoms with Crippen molar-refractivity contribution in [3.63, 3.8) is 0 Å². The van der Waals surface area contributed by atoms with Gasteiger partial charge in [0.1, 0.15) is 0 Å². The van der Waals surface area contributed by atoms with Gasteiger partial charge in [0.2, 0.25) is 5.91 Å². The first kappa shape index (κ1) is 16.0. The molecular formula is C14H25NO4. The van der Waals surface area contributed by atoms with E-state index in [9.17, 15) is 14.7 Å². The Labute approximate surface area is 114 Å². The van der Waals surface area contributed by atoms with E-state index in [1.807, 2.05) is 0 Å². The maximum absolute atomic E-state index is 11.8. The normalized spacial score (nSPS) is 17.3. The molecule has 1 aliphatic rings. The van der Waals surface area contributed by atoms with E-state index >= 15 is 0 Å². The number of nitrogens with one attached hydrogen (secondary N) is 1. The fourth-order valence-corrected chi connectivity index (χ4v) is 2.54. The van der Waals surface area contributed by atoms with Crippen LogP contribution in [0, 0.1) is 5.41 Å². The van der Waals surface area contributed by atoms with Gasteiger partial charge in [0.15, 0.2) is 0 Å². The molecule has 0 bridgehead atoms. The summed E-state index contributed by atoms with van der Waals surface area (Å²) in [6, 6.07) is 0. The highest BCUT2D eigenvalue weighted by Gasteiger charge is 2.42. The lowest BCUT2D eigenvalue weighted by molar-refractivity contribution is -0.151. The highest BCUT2D eigenvalue weighted by molar-refractivity contribution is 5.85. The van der Waals surface area contributed by atoms with Crippen molar-refractivity contribution >= 4 is 11.9 Å². The Balaban J connectivity index is 2.21. The standard InChI is InChI=1S/C14H25NO4/c1-2-9-19-10-5-8-15-12(16)11-14(13(17)18)6-3-4-7-14/h2-11H2,1H3,(H,15,16)(H,17,18). The van der Waals surface area contributed by atoms with E-state index in [0.717, 1.165) is 32.3 Å². The van der Waals surface area contributed by atoms with Crippen LogP contribution in [0.15, 0.2) is 0 Å². The molecule has 0 heterocycles. The molecule has 1 aliphatic carbocycles. The number of carbonyl (C=O) groups excluding carboxylic acids is 1. The van der Waals surface area contributed by atoms with Gasteiger partial charge in [-0.3, -0.25) is 9.59 Å². The largest absolute Gasteiger partial charge is 0.481 e. The Morgan fingerprint density at radius 3 is 2.53 bits per heavy atom. The number of rotatable bonds is 9. The highest BCUT2D eigenvalue weighted by Crippen LogP contribution is 2.41. The van der Waals surface area contributed by atoms with Gasteiger partial charge < -0.3 is 15.2 Å². The Bertz CT molecular complexity index is 298. The van der Waals surface area contributed by atoms with Crippen LogP contribution in [-0.4, -0.2) is 36.7 Å². The molecule has 2 N–H and O–H groups in total. The number of carbonyl (C=O) groups is 2. The quantitative estimate of drug-likeness (QED) is 0.628. The molecule has 0 aromatic heterocycles. The summed E-state index contributed by atoms with van der Waals surface area (Å²) in [6.45, 7) is 3.99. The van der Waals surface area contributed by atoms with Crippen LogP contribution in [0.4, 0.5) is 0 Å². The Morgan fingerprint density at radius 1 is 1.26 bits per heavy atom. The van der Waals surface area contributed by atoms with Crippen LogP contribution in [0.1, 0.15) is 51.9 Å². The van der Waals surface area contributed by atoms with Gasteiger partial charge in [0.25, 0.3) is 0 Å². The monoisotopic (exact) mass is 271 g/mol. The molecule has 0 aliphatic heterocycles. The number of carboxylic acid groups (broad SMARTS) is 1. The number of aliphatic carboxylic acids is 1. The Morgan fingerprint density at radius 2 is 1.95 bits per heavy atom. The van der Waals surface area contributed by atoms with Gasteiger partial charge in [-0.05, 0) is 25.7 Å². The van der Waals surface area contributed by atoms with Crippen molar-refractivity contribution in [3.8, 4) is 0 Å². The van der Waals surface area contributed by atoms with E-state index in [4.69, 9.17) is 4.74 Å². The fraction of sp³-hybridized carbons (Fsp3) is 0.857. The van der Waals surface area contributed by atoms with Crippen molar-refractivity contribution in [1.82, 2.24) is 5.32 Å². The lowest BCUT2D eigenvalue weighted by atomic mass is 9.82. The molecule has 0 aromatic rings. The molecule has 5 nitrogen and oxygen atoms in total. The van der Waals surface area contributed by atoms with Crippen molar-refractivity contribution in [2.45, 2.75) is 51.9 Å². The first-order chi connectivity index (χ1) is 9.10. The number of hydrogen-bond acceptors (Lipinski definition) is 3. The molecule has 0 radical (unpaired) electrons. The summed E-state index contributed by atoms with van der Waals surface area (Å²) in [5, 5.41) is 12.1. The molecule has 0 saturated heterocycles. The van der Waals surface area contributed by atoms with Gasteiger partial charge in [-0.1, -0.05) is 19.8 Å². The van der Waals surface area contributed by atoms with Crippen molar-refractivity contribution in [1.29, 1.82) is 0 Å². The second kappa shape index (κ2) is 8.15. The van der Waals surface area contributed by atoms with Crippen LogP contribution in [-0.2, 0) is 14.3 Å². The van der Waals surface area contributed by atoms with Crippen LogP contribution >= 0.6 is 0 Å². The summed E-state index contributed by atoms with van der Waals surface area (Å²) in [6.07, 6.45) is 4.93. The number of hydrogen-bond donors (Lipinski definition) is 2. The minimum absolute atomic E-state index is 0.109. The predicted octanol–water partition coefficient (Wildman–Crippen LogP) is 1.95. The van der Waals surface area contributed by atoms with Crippen molar-refractivity contribution in [2.24, 2.45) is 5.41 Å². The van der Waals surface area contributed by atoms with Crippen LogP contribution in [0.3, 0.4) is 0 Å². The average molecular weight is 271 g/mol. The molecule has 19 heavy (non-hydrogen) atoms. The molecule has 0 atom stereocenters. The van der Waals surface area contributed by atoms with Gasteiger partial charge in [-0.25, -0.2) is 0 Å². The third kappa shape index (κ3) is 5.19. The molecular weight excluding hydrogens is 246 g/mol. The second-order valence-corrected chi connectivity index (χ2v) is 5.29. The van der Waals surface area contributed by atoms with Crippen LogP contribution in [0.5, 0.6) is 0 Å². The second-order valence-electron chi connectivity index (χ2n) is 5.29. The minimum atomic E-state index is -0.827. The summed E-state index contributed by atoms with van der Waals surface area (Å²) in [5.41, 5.74) is -0.817. The zero-order chi connectivity index (χ0) is 14.1. The molecule has 1 fully saturated rings. The molecule has 110 valence electrons. The molecule has 1 amide bonds. The van der Waals surface area contributed by atoms with Gasteiger partial charge in [-0.2, -0.15) is 0 Å². The first-order valence-corrected chi connectivity index (χ1v) is 7.18. The summed E-state index contributed by atoms with van der Waals surface area (Å²) < 4.78 is 5.31. The SMILES string of the molecule is CCCOCCCNC(=O)CC1(C(=O)O)CCCC1. The maximum Gasteiger partial charge on any atom is 0.310 e. The predicted molar refractivity (Wildman–Crippen MR) is 71.9 cm³/mol. The lowest BCUT2D eigenvalue weighted by Crippen LogP contribution is -2.36. The van der Waals surface area contributed by atoms with E-state index in [-0.39, 0.29) is 12.3 Å². The zero-order valence-electron chi connectivity index (χ0n) is 11.7. The van der Waals surface area contributed by atoms with Crippen LogP contribution < -0.4 is 5.32 Å². The van der Waals surface area contributed by atoms with E-state index in [0.29, 0.717) is 26.0 Å². The van der Waals surface area contributed by atoms with Crippen molar-refractivity contribution in [3.05, 3.63) is 0 Å². The first-order valence-electron chi connectivity index (χ1n) is 7.18. The highest BCUT2D eigenvalue weighted by atomic mass is 16.5. The third-order valence-corrected chi connectivity index (χ3v) is 3.65. The van der Waals surface area contributed by atoms with Crippen LogP contribution in [0.25, 0.3) is 0 Å². The minimum Gasteiger partial charge on any atom is -0.481 e. The molecule has 1 rings (SSSR count). The van der Waals surface area contributed by atoms with Crippen molar-refractivity contribution < 1.29 is 19.4 Å². The number of amides is 1. The molecule has 0 aromatic carbocycles. The number of carboxylic acids is 1. The summed E-state index contributed by atoms with van der Waals surface area (Å²) in [5.74, 6) is -0.980. The molecule has 1 saturated carbocycles. The Hall–Kier alpha value is -1.10. The lowest BCUT2D eigenvalue weighted by Gasteiger charge is -2.22. The molecule has 0 unspecified atom stereocenters. The topological polar surface area (TPSA) is 75.6 Å². The van der Waals surface area contributed by atoms with E-state index < -0.39 is 11.4 Å². The summed E-state index contributed by atoms with van der Waals surface area (Å²) in [7, 11) is 0. The number of ether oxygens (including phenoxy) is 1. The van der Waals surface area contributed by atoms with E-state index in [1.54, 1.807) is 0 Å². The van der Waals surface area contributed by atoms with Gasteiger partial charge in [-0.15, -0.1) is 0 Å². The third-order valence-electron chi connectivity index (χ3n) is 3.65. The maximum atomic E-state index is 11.8. The van der Waals surface area contributed by atoms with Crippen molar-refractivity contribution in [2.75, 3.05) is 19.8 Å². The fourth-order valence-electron chi connectivity index (χ4n) is 2.54. The van der Waals surface area contributed by atoms with E-state index in [1.165, 1.54) is 0 Å². The summed E-state index contributed by atoms with van der Waals surface area (Å²) in [4.78, 5) is 23.1. The average Bonchev–Trinajstić information content (AvgIpc) is 2.83. The Kier molecular flexibility index (Phi) is 6.84. The smallest absolute Gasteiger partial charge is 0.310 e. The zero-order valence-corrected chi connectivity index (χ0v) is 11.7. The molecule has 5 heteroatoms. The van der Waals surface area contributed by atoms with Gasteiger partial charge in [0.05, 0.1) is 5.41 Å². The molecule has 0 spiro atoms. The summed E-state index contributed by atoms with van der Waals surface area (Å²) >= 11 is 0. The van der Waals surface area contributed by atoms with Gasteiger partial charge in [0, 0.05) is 26.2 Å². The van der Waals surface area contributed by atoms with E-state index in [2.05, 4.69) is 12.2 Å².